The molecule has 1 radical (unpaired) electrons. The molecule has 0 amide bonds. The largest absolute Gasteiger partial charge is 0.197 e. The van der Waals surface area contributed by atoms with Gasteiger partial charge in [-0.25, -0.2) is 0 Å². The van der Waals surface area contributed by atoms with E-state index in [4.69, 9.17) is 0 Å². The molecule has 0 atom stereocenters. The van der Waals surface area contributed by atoms with E-state index in [9.17, 15) is 0 Å². The molecule has 0 aliphatic rings. The normalized spacial score (nSPS) is 0. The fraction of sp³-hybridized carbons (Fsp3) is 0. The van der Waals surface area contributed by atoms with Gasteiger partial charge in [-0.05, 0) is 0 Å². The number of hydrogen-bond donors (Lipinski definition) is 0. The maximum absolute atomic E-state index is 0. The Morgan fingerprint density at radius 2 is 1.00 bits per heavy atom. The van der Waals surface area contributed by atoms with Gasteiger partial charge < -0.3 is 0 Å². The fourth-order valence-electron chi connectivity index (χ4n) is 0. The van der Waals surface area contributed by atoms with Crippen LogP contribution in [0.5, 0.6) is 0 Å². The summed E-state index contributed by atoms with van der Waals surface area (Å²) in [5, 5.41) is 0. The van der Waals surface area contributed by atoms with Crippen LogP contribution in [0.4, 0.5) is 0 Å². The third-order valence-electron chi connectivity index (χ3n) is 0. The minimum Gasteiger partial charge on any atom is -0.197 e. The van der Waals surface area contributed by atoms with Crippen LogP contribution < -0.4 is 0 Å². The van der Waals surface area contributed by atoms with Gasteiger partial charge in [0.25, 0.3) is 0 Å². The van der Waals surface area contributed by atoms with Crippen molar-refractivity contribution in [2.24, 2.45) is 0 Å². The van der Waals surface area contributed by atoms with Gasteiger partial charge in [0, 0.05) is 56.1 Å². The van der Waals surface area contributed by atoms with Crippen molar-refractivity contribution in [2.45, 2.75) is 0 Å². The second-order valence-electron chi connectivity index (χ2n) is 0. The average molecular weight is 240 g/mol. The van der Waals surface area contributed by atoms with Crippen molar-refractivity contribution in [3.63, 3.8) is 0 Å². The quantitative estimate of drug-likeness (QED) is 0.527. The van der Waals surface area contributed by atoms with Crippen LogP contribution in [0.15, 0.2) is 0 Å². The molecule has 0 fully saturated rings. The Hall–Kier alpha value is 2.12. The minimum absolute atomic E-state index is 0. The van der Waals surface area contributed by atoms with Crippen LogP contribution in [0.2, 0.25) is 0 Å². The molecule has 0 spiro atoms. The molecule has 0 aliphatic heterocycles. The predicted molar refractivity (Wildman–Crippen MR) is 10.4 cm³/mol. The summed E-state index contributed by atoms with van der Waals surface area (Å²) in [6.45, 7) is 0. The monoisotopic (exact) mass is 241 g/mol. The summed E-state index contributed by atoms with van der Waals surface area (Å²) in [5.74, 6) is 0. The molecule has 0 aromatic carbocycles. The molecule has 0 aliphatic carbocycles. The van der Waals surface area contributed by atoms with Gasteiger partial charge in [0.2, 0.25) is 0 Å². The summed E-state index contributed by atoms with van der Waals surface area (Å²) >= 11 is 0. The van der Waals surface area contributed by atoms with E-state index in [2.05, 4.69) is 0 Å². The molecule has 0 nitrogen and oxygen atoms in total. The molecular weight excluding hydrogens is 238 g/mol. The van der Waals surface area contributed by atoms with E-state index in [0.717, 1.165) is 0 Å². The fourth-order valence-corrected chi connectivity index (χ4v) is 0. The van der Waals surface area contributed by atoms with E-state index in [1.165, 1.54) is 0 Å². The molecule has 0 N–H and O–H groups in total. The molecule has 4 heavy (non-hydrogen) atoms. The van der Waals surface area contributed by atoms with Crippen LogP contribution in [0.3, 0.4) is 0 Å². The van der Waals surface area contributed by atoms with Crippen molar-refractivity contribution in [3.8, 4) is 0 Å². The van der Waals surface area contributed by atoms with Gasteiger partial charge in [-0.2, -0.15) is 13.5 Å². The molecule has 0 heterocycles. The zero-order valence-electron chi connectivity index (χ0n) is 1.67. The smallest absolute Gasteiger partial charge is 0 e. The summed E-state index contributed by atoms with van der Waals surface area (Å²) in [7, 11) is 0. The Morgan fingerprint density at radius 1 is 1.00 bits per heavy atom. The van der Waals surface area contributed by atoms with E-state index in [0.29, 0.717) is 0 Å². The van der Waals surface area contributed by atoms with Crippen molar-refractivity contribution in [1.82, 2.24) is 0 Å². The maximum Gasteiger partial charge on any atom is 0 e. The Labute approximate surface area is 69.0 Å². The van der Waals surface area contributed by atoms with E-state index in [1.807, 2.05) is 0 Å². The molecule has 0 unspecified atom stereocenters. The number of hydrogen-bond acceptors (Lipinski definition) is 0. The molecule has 29 valence electrons. The Kier molecular flexibility index (Phi) is 173. The van der Waals surface area contributed by atoms with Crippen LogP contribution in [-0.2, 0) is 56.1 Å². The van der Waals surface area contributed by atoms with Gasteiger partial charge in [-0.1, -0.05) is 0 Å². The molecule has 0 saturated carbocycles. The van der Waals surface area contributed by atoms with Crippen LogP contribution in [0, 0.1) is 0 Å². The zero-order chi connectivity index (χ0) is 0. The second-order valence-corrected chi connectivity index (χ2v) is 0. The minimum atomic E-state index is 0. The first kappa shape index (κ1) is 35.7. The SMILES string of the molecule is S.[Mo].[Ni].[V]. The summed E-state index contributed by atoms with van der Waals surface area (Å²) < 4.78 is 0. The van der Waals surface area contributed by atoms with Crippen molar-refractivity contribution in [3.05, 3.63) is 0 Å². The standard InChI is InChI=1S/Mo.Ni.H2S.V/h;;1H2;. The topological polar surface area (TPSA) is 0 Å². The molecule has 4 heteroatoms. The molecule has 0 bridgehead atoms. The van der Waals surface area contributed by atoms with Crippen molar-refractivity contribution < 1.29 is 56.1 Å². The maximum atomic E-state index is 0. The van der Waals surface area contributed by atoms with Crippen LogP contribution in [-0.4, -0.2) is 0 Å². The van der Waals surface area contributed by atoms with Crippen LogP contribution in [0.25, 0.3) is 0 Å². The Balaban J connectivity index is 0. The summed E-state index contributed by atoms with van der Waals surface area (Å²) in [5.41, 5.74) is 0. The zero-order valence-corrected chi connectivity index (χ0v) is 7.06. The first-order valence-corrected chi connectivity index (χ1v) is 0. The molecule has 0 aromatic heterocycles. The first-order valence-electron chi connectivity index (χ1n) is 0. The van der Waals surface area contributed by atoms with E-state index < -0.39 is 0 Å². The molecule has 0 saturated heterocycles. The van der Waals surface area contributed by atoms with Gasteiger partial charge in [-0.15, -0.1) is 0 Å². The third kappa shape index (κ3) is 8.93. The molecule has 0 rings (SSSR count). The van der Waals surface area contributed by atoms with Gasteiger partial charge in [0.15, 0.2) is 0 Å². The van der Waals surface area contributed by atoms with Crippen molar-refractivity contribution >= 4 is 13.5 Å². The van der Waals surface area contributed by atoms with Gasteiger partial charge in [0.1, 0.15) is 0 Å². The van der Waals surface area contributed by atoms with E-state index in [1.54, 1.807) is 0 Å². The van der Waals surface area contributed by atoms with E-state index in [-0.39, 0.29) is 69.6 Å². The molecular formula is H2MoNiSV. The second kappa shape index (κ2) is 19.4. The van der Waals surface area contributed by atoms with Gasteiger partial charge in [0.05, 0.1) is 0 Å². The Bertz CT molecular complexity index is 8.00. The van der Waals surface area contributed by atoms with Crippen molar-refractivity contribution in [1.29, 1.82) is 0 Å². The predicted octanol–water partition coefficient (Wildman–Crippen LogP) is 0.105. The average Bonchev–Trinajstić information content (AvgIpc) is 0. The first-order chi connectivity index (χ1) is 0. The number of rotatable bonds is 0. The molecule has 0 aromatic rings. The van der Waals surface area contributed by atoms with Gasteiger partial charge in [-0.3, -0.25) is 0 Å². The van der Waals surface area contributed by atoms with Gasteiger partial charge >= 0.3 is 0 Å². The van der Waals surface area contributed by atoms with E-state index >= 15 is 0 Å². The van der Waals surface area contributed by atoms with Crippen LogP contribution in [0.1, 0.15) is 0 Å². The Morgan fingerprint density at radius 3 is 1.00 bits per heavy atom. The van der Waals surface area contributed by atoms with Crippen molar-refractivity contribution in [2.75, 3.05) is 0 Å². The van der Waals surface area contributed by atoms with Crippen LogP contribution >= 0.6 is 13.5 Å². The third-order valence-corrected chi connectivity index (χ3v) is 0. The summed E-state index contributed by atoms with van der Waals surface area (Å²) in [6.07, 6.45) is 0. The summed E-state index contributed by atoms with van der Waals surface area (Å²) in [4.78, 5) is 0. The summed E-state index contributed by atoms with van der Waals surface area (Å²) in [6, 6.07) is 0.